The molecular weight excluding hydrogens is 240 g/mol. The zero-order valence-corrected chi connectivity index (χ0v) is 10.4. The number of carbonyl (C=O) groups is 2. The Morgan fingerprint density at radius 3 is 2.76 bits per heavy atom. The summed E-state index contributed by atoms with van der Waals surface area (Å²) in [4.78, 5) is 28.7. The molecule has 0 atom stereocenters. The Kier molecular flexibility index (Phi) is 3.78. The summed E-state index contributed by atoms with van der Waals surface area (Å²) in [6.07, 6.45) is 0.965. The molecule has 92 valence electrons. The molecule has 1 saturated heterocycles. The average molecular weight is 254 g/mol. The lowest BCUT2D eigenvalue weighted by molar-refractivity contribution is -0.132. The lowest BCUT2D eigenvalue weighted by atomic mass is 10.1. The van der Waals surface area contributed by atoms with Crippen molar-refractivity contribution in [1.29, 1.82) is 0 Å². The molecule has 1 N–H and O–H groups in total. The van der Waals surface area contributed by atoms with E-state index in [1.54, 1.807) is 4.90 Å². The molecule has 0 aliphatic carbocycles. The largest absolute Gasteiger partial charge is 0.341 e. The minimum atomic E-state index is 0.0463. The van der Waals surface area contributed by atoms with Gasteiger partial charge >= 0.3 is 0 Å². The van der Waals surface area contributed by atoms with Crippen molar-refractivity contribution in [2.75, 3.05) is 18.8 Å². The van der Waals surface area contributed by atoms with Crippen LogP contribution in [0.2, 0.25) is 0 Å². The fourth-order valence-corrected chi connectivity index (χ4v) is 2.36. The second-order valence-corrected chi connectivity index (χ2v) is 4.85. The number of rotatable bonds is 3. The van der Waals surface area contributed by atoms with Crippen molar-refractivity contribution in [3.05, 3.63) is 5.82 Å². The fourth-order valence-electron chi connectivity index (χ4n) is 1.61. The second-order valence-electron chi connectivity index (χ2n) is 3.91. The smallest absolute Gasteiger partial charge is 0.233 e. The Morgan fingerprint density at radius 1 is 1.47 bits per heavy atom. The second kappa shape index (κ2) is 5.31. The van der Waals surface area contributed by atoms with Crippen LogP contribution in [0.5, 0.6) is 0 Å². The van der Waals surface area contributed by atoms with Gasteiger partial charge in [0.2, 0.25) is 11.1 Å². The van der Waals surface area contributed by atoms with Gasteiger partial charge in [0, 0.05) is 25.9 Å². The molecule has 2 rings (SSSR count). The molecule has 1 fully saturated rings. The number of carbonyl (C=O) groups excluding carboxylic acids is 2. The van der Waals surface area contributed by atoms with Gasteiger partial charge in [0.15, 0.2) is 0 Å². The van der Waals surface area contributed by atoms with E-state index in [0.29, 0.717) is 36.8 Å². The number of likely N-dealkylation sites (tertiary alicyclic amines) is 1. The maximum atomic E-state index is 11.8. The Morgan fingerprint density at radius 2 is 2.18 bits per heavy atom. The van der Waals surface area contributed by atoms with Crippen LogP contribution < -0.4 is 0 Å². The number of nitrogens with zero attached hydrogens (tertiary/aromatic N) is 3. The van der Waals surface area contributed by atoms with E-state index in [-0.39, 0.29) is 11.7 Å². The number of Topliss-reactive ketones (excluding diaryl/α,β-unsaturated/α-hetero) is 1. The third kappa shape index (κ3) is 3.29. The number of thioether (sulfide) groups is 1. The van der Waals surface area contributed by atoms with Gasteiger partial charge in [-0.1, -0.05) is 11.8 Å². The van der Waals surface area contributed by atoms with Crippen LogP contribution in [0.15, 0.2) is 5.16 Å². The molecule has 1 aliphatic heterocycles. The molecule has 2 heterocycles. The number of ketones is 1. The summed E-state index contributed by atoms with van der Waals surface area (Å²) in [5, 5.41) is 7.26. The summed E-state index contributed by atoms with van der Waals surface area (Å²) in [5.41, 5.74) is 0. The van der Waals surface area contributed by atoms with Crippen LogP contribution in [-0.4, -0.2) is 50.6 Å². The van der Waals surface area contributed by atoms with Crippen LogP contribution in [0.25, 0.3) is 0 Å². The van der Waals surface area contributed by atoms with Crippen molar-refractivity contribution in [3.63, 3.8) is 0 Å². The number of nitrogens with one attached hydrogen (secondary N) is 1. The predicted octanol–water partition coefficient (Wildman–Crippen LogP) is 0.397. The zero-order chi connectivity index (χ0) is 12.3. The maximum Gasteiger partial charge on any atom is 0.233 e. The van der Waals surface area contributed by atoms with Crippen LogP contribution in [0.1, 0.15) is 18.7 Å². The van der Waals surface area contributed by atoms with Gasteiger partial charge in [0.1, 0.15) is 11.6 Å². The molecule has 0 radical (unpaired) electrons. The SMILES string of the molecule is Cc1nc(SCC(=O)N2CCC(=O)CC2)n[nH]1. The highest BCUT2D eigenvalue weighted by molar-refractivity contribution is 7.99. The van der Waals surface area contributed by atoms with Crippen LogP contribution in [0, 0.1) is 6.92 Å². The normalized spacial score (nSPS) is 16.3. The minimum Gasteiger partial charge on any atom is -0.341 e. The summed E-state index contributed by atoms with van der Waals surface area (Å²) < 4.78 is 0. The van der Waals surface area contributed by atoms with Crippen molar-refractivity contribution < 1.29 is 9.59 Å². The third-order valence-electron chi connectivity index (χ3n) is 2.58. The molecule has 1 aromatic rings. The predicted molar refractivity (Wildman–Crippen MR) is 62.7 cm³/mol. The van der Waals surface area contributed by atoms with Gasteiger partial charge in [0.05, 0.1) is 5.75 Å². The van der Waals surface area contributed by atoms with E-state index in [1.807, 2.05) is 6.92 Å². The molecule has 0 aromatic carbocycles. The summed E-state index contributed by atoms with van der Waals surface area (Å²) >= 11 is 1.31. The highest BCUT2D eigenvalue weighted by Gasteiger charge is 2.20. The summed E-state index contributed by atoms with van der Waals surface area (Å²) in [6, 6.07) is 0. The number of aromatic amines is 1. The molecule has 0 unspecified atom stereocenters. The standard InChI is InChI=1S/C10H14N4O2S/c1-7-11-10(13-12-7)17-6-9(16)14-4-2-8(15)3-5-14/h2-6H2,1H3,(H,11,12,13). The number of aromatic nitrogens is 3. The quantitative estimate of drug-likeness (QED) is 0.790. The molecular formula is C10H14N4O2S. The first-order chi connectivity index (χ1) is 8.15. The molecule has 7 heteroatoms. The molecule has 1 aliphatic rings. The highest BCUT2D eigenvalue weighted by Crippen LogP contribution is 2.14. The Balaban J connectivity index is 1.79. The Hall–Kier alpha value is -1.37. The number of H-pyrrole nitrogens is 1. The molecule has 1 aromatic heterocycles. The van der Waals surface area contributed by atoms with E-state index in [0.717, 1.165) is 5.82 Å². The Bertz CT molecular complexity index is 422. The van der Waals surface area contributed by atoms with E-state index < -0.39 is 0 Å². The molecule has 0 saturated carbocycles. The van der Waals surface area contributed by atoms with Gasteiger partial charge in [-0.15, -0.1) is 5.10 Å². The van der Waals surface area contributed by atoms with Crippen molar-refractivity contribution in [3.8, 4) is 0 Å². The van der Waals surface area contributed by atoms with Crippen molar-refractivity contribution in [2.24, 2.45) is 0 Å². The van der Waals surface area contributed by atoms with E-state index in [1.165, 1.54) is 11.8 Å². The van der Waals surface area contributed by atoms with Crippen molar-refractivity contribution >= 4 is 23.5 Å². The lowest BCUT2D eigenvalue weighted by Crippen LogP contribution is -2.39. The summed E-state index contributed by atoms with van der Waals surface area (Å²) in [5.74, 6) is 1.35. The number of hydrogen-bond donors (Lipinski definition) is 1. The van der Waals surface area contributed by atoms with E-state index in [4.69, 9.17) is 0 Å². The van der Waals surface area contributed by atoms with Crippen molar-refractivity contribution in [1.82, 2.24) is 20.1 Å². The van der Waals surface area contributed by atoms with Gasteiger partial charge in [-0.2, -0.15) is 0 Å². The number of aryl methyl sites for hydroxylation is 1. The zero-order valence-electron chi connectivity index (χ0n) is 9.60. The van der Waals surface area contributed by atoms with Gasteiger partial charge < -0.3 is 4.90 Å². The molecule has 0 spiro atoms. The topological polar surface area (TPSA) is 79.0 Å². The molecule has 1 amide bonds. The van der Waals surface area contributed by atoms with Gasteiger partial charge in [-0.3, -0.25) is 14.7 Å². The maximum absolute atomic E-state index is 11.8. The summed E-state index contributed by atoms with van der Waals surface area (Å²) in [7, 11) is 0. The van der Waals surface area contributed by atoms with E-state index in [9.17, 15) is 9.59 Å². The monoisotopic (exact) mass is 254 g/mol. The number of amides is 1. The third-order valence-corrected chi connectivity index (χ3v) is 3.41. The summed E-state index contributed by atoms with van der Waals surface area (Å²) in [6.45, 7) is 2.91. The average Bonchev–Trinajstić information content (AvgIpc) is 2.73. The first-order valence-corrected chi connectivity index (χ1v) is 6.45. The number of hydrogen-bond acceptors (Lipinski definition) is 5. The highest BCUT2D eigenvalue weighted by atomic mass is 32.2. The van der Waals surface area contributed by atoms with Crippen molar-refractivity contribution in [2.45, 2.75) is 24.9 Å². The van der Waals surface area contributed by atoms with Crippen LogP contribution >= 0.6 is 11.8 Å². The molecule has 6 nitrogen and oxygen atoms in total. The molecule has 17 heavy (non-hydrogen) atoms. The van der Waals surface area contributed by atoms with E-state index in [2.05, 4.69) is 15.2 Å². The van der Waals surface area contributed by atoms with Gasteiger partial charge in [-0.25, -0.2) is 4.98 Å². The van der Waals surface area contributed by atoms with Gasteiger partial charge in [-0.05, 0) is 6.92 Å². The Labute approximate surface area is 103 Å². The van der Waals surface area contributed by atoms with Crippen LogP contribution in [0.4, 0.5) is 0 Å². The van der Waals surface area contributed by atoms with Gasteiger partial charge in [0.25, 0.3) is 0 Å². The number of piperidine rings is 1. The first-order valence-electron chi connectivity index (χ1n) is 5.46. The first kappa shape index (κ1) is 12.1. The molecule has 0 bridgehead atoms. The fraction of sp³-hybridized carbons (Fsp3) is 0.600. The minimum absolute atomic E-state index is 0.0463. The van der Waals surface area contributed by atoms with E-state index >= 15 is 0 Å². The van der Waals surface area contributed by atoms with Crippen LogP contribution in [-0.2, 0) is 9.59 Å². The van der Waals surface area contributed by atoms with Crippen LogP contribution in [0.3, 0.4) is 0 Å². The lowest BCUT2D eigenvalue weighted by Gasteiger charge is -2.25.